The molecule has 0 radical (unpaired) electrons. The van der Waals surface area contributed by atoms with Crippen LogP contribution in [0.5, 0.6) is 0 Å². The molecule has 1 aliphatic carbocycles. The van der Waals surface area contributed by atoms with E-state index in [4.69, 9.17) is 9.47 Å². The molecule has 140 valence electrons. The van der Waals surface area contributed by atoms with Gasteiger partial charge in [-0.1, -0.05) is 19.8 Å². The molecule has 1 aromatic carbocycles. The molecule has 7 heteroatoms. The lowest BCUT2D eigenvalue weighted by atomic mass is 9.76. The summed E-state index contributed by atoms with van der Waals surface area (Å²) >= 11 is 0. The van der Waals surface area contributed by atoms with Gasteiger partial charge in [-0.05, 0) is 36.8 Å². The first-order valence-electron chi connectivity index (χ1n) is 8.55. The van der Waals surface area contributed by atoms with Crippen LogP contribution in [0.1, 0.15) is 50.0 Å². The molecule has 1 saturated carbocycles. The molecular weight excluding hydrogens is 343 g/mol. The van der Waals surface area contributed by atoms with E-state index in [9.17, 15) is 22.0 Å². The van der Waals surface area contributed by atoms with Crippen LogP contribution >= 0.6 is 0 Å². The highest BCUT2D eigenvalue weighted by Gasteiger charge is 2.39. The monoisotopic (exact) mass is 364 g/mol. The highest BCUT2D eigenvalue weighted by molar-refractivity contribution is 5.29. The first-order chi connectivity index (χ1) is 11.8. The summed E-state index contributed by atoms with van der Waals surface area (Å²) in [5.41, 5.74) is -1.96. The molecule has 0 unspecified atom stereocenters. The van der Waals surface area contributed by atoms with Crippen LogP contribution in [0.2, 0.25) is 0 Å². The van der Waals surface area contributed by atoms with Gasteiger partial charge in [-0.2, -0.15) is 13.2 Å². The Morgan fingerprint density at radius 3 is 1.88 bits per heavy atom. The minimum Gasteiger partial charge on any atom is -0.348 e. The number of hydrogen-bond acceptors (Lipinski definition) is 2. The van der Waals surface area contributed by atoms with Crippen molar-refractivity contribution < 1.29 is 31.4 Å². The summed E-state index contributed by atoms with van der Waals surface area (Å²) in [5, 5.41) is 0. The van der Waals surface area contributed by atoms with Crippen molar-refractivity contribution in [2.24, 2.45) is 17.8 Å². The maximum Gasteiger partial charge on any atom is 0.422 e. The van der Waals surface area contributed by atoms with Crippen LogP contribution < -0.4 is 0 Å². The van der Waals surface area contributed by atoms with E-state index in [-0.39, 0.29) is 11.5 Å². The molecule has 2 fully saturated rings. The lowest BCUT2D eigenvalue weighted by Gasteiger charge is -2.37. The molecule has 0 atom stereocenters. The van der Waals surface area contributed by atoms with E-state index >= 15 is 0 Å². The Balaban J connectivity index is 1.65. The molecule has 3 rings (SSSR count). The summed E-state index contributed by atoms with van der Waals surface area (Å²) in [6.07, 6.45) is -1.58. The van der Waals surface area contributed by atoms with E-state index in [0.29, 0.717) is 31.3 Å². The van der Waals surface area contributed by atoms with Gasteiger partial charge >= 0.3 is 6.18 Å². The second kappa shape index (κ2) is 7.19. The van der Waals surface area contributed by atoms with E-state index in [0.717, 1.165) is 18.8 Å². The van der Waals surface area contributed by atoms with Gasteiger partial charge in [0.05, 0.1) is 13.2 Å². The van der Waals surface area contributed by atoms with Crippen molar-refractivity contribution in [3.8, 4) is 0 Å². The smallest absolute Gasteiger partial charge is 0.348 e. The number of ether oxygens (including phenoxy) is 2. The van der Waals surface area contributed by atoms with Gasteiger partial charge in [0.15, 0.2) is 6.29 Å². The molecule has 0 aromatic heterocycles. The van der Waals surface area contributed by atoms with E-state index in [1.165, 1.54) is 12.8 Å². The van der Waals surface area contributed by atoms with Crippen molar-refractivity contribution >= 4 is 0 Å². The van der Waals surface area contributed by atoms with Gasteiger partial charge in [-0.3, -0.25) is 0 Å². The Kier molecular flexibility index (Phi) is 5.34. The van der Waals surface area contributed by atoms with Gasteiger partial charge in [0.25, 0.3) is 0 Å². The molecule has 2 aliphatic rings. The highest BCUT2D eigenvalue weighted by Crippen LogP contribution is 2.39. The zero-order valence-corrected chi connectivity index (χ0v) is 13.9. The lowest BCUT2D eigenvalue weighted by Crippen LogP contribution is -2.34. The molecule has 0 amide bonds. The fraction of sp³-hybridized carbons (Fsp3) is 0.667. The Bertz CT molecular complexity index is 577. The van der Waals surface area contributed by atoms with Crippen molar-refractivity contribution in [2.75, 3.05) is 13.2 Å². The van der Waals surface area contributed by atoms with E-state index in [1.807, 2.05) is 0 Å². The van der Waals surface area contributed by atoms with E-state index < -0.39 is 29.7 Å². The van der Waals surface area contributed by atoms with Crippen molar-refractivity contribution in [3.63, 3.8) is 0 Å². The summed E-state index contributed by atoms with van der Waals surface area (Å²) in [5.74, 6) is -1.87. The Morgan fingerprint density at radius 2 is 1.40 bits per heavy atom. The number of alkyl halides is 3. The molecule has 1 aliphatic heterocycles. The first-order valence-corrected chi connectivity index (χ1v) is 8.55. The Morgan fingerprint density at radius 1 is 0.880 bits per heavy atom. The predicted molar refractivity (Wildman–Crippen MR) is 80.6 cm³/mol. The van der Waals surface area contributed by atoms with Crippen LogP contribution in [0.4, 0.5) is 22.0 Å². The van der Waals surface area contributed by atoms with E-state index in [1.54, 1.807) is 0 Å². The molecular formula is C18H21F5O2. The fourth-order valence-electron chi connectivity index (χ4n) is 3.74. The van der Waals surface area contributed by atoms with Gasteiger partial charge in [-0.15, -0.1) is 0 Å². The summed E-state index contributed by atoms with van der Waals surface area (Å²) in [6, 6.07) is 1.28. The average molecular weight is 364 g/mol. The number of rotatable bonds is 2. The quantitative estimate of drug-likeness (QED) is 0.648. The number of halogens is 5. The summed E-state index contributed by atoms with van der Waals surface area (Å²) in [4.78, 5) is 0. The third kappa shape index (κ3) is 4.14. The number of benzene rings is 1. The third-order valence-corrected chi connectivity index (χ3v) is 5.27. The highest BCUT2D eigenvalue weighted by atomic mass is 19.4. The largest absolute Gasteiger partial charge is 0.422 e. The minimum atomic E-state index is -5.08. The number of hydrogen-bond donors (Lipinski definition) is 0. The zero-order valence-electron chi connectivity index (χ0n) is 13.9. The van der Waals surface area contributed by atoms with E-state index in [2.05, 4.69) is 6.92 Å². The van der Waals surface area contributed by atoms with Gasteiger partial charge in [-0.25, -0.2) is 8.78 Å². The average Bonchev–Trinajstić information content (AvgIpc) is 2.54. The summed E-state index contributed by atoms with van der Waals surface area (Å²) in [6.45, 7) is 3.00. The van der Waals surface area contributed by atoms with Crippen LogP contribution in [0.25, 0.3) is 0 Å². The van der Waals surface area contributed by atoms with Crippen molar-refractivity contribution in [2.45, 2.75) is 45.1 Å². The Hall–Kier alpha value is -1.21. The first kappa shape index (κ1) is 18.6. The van der Waals surface area contributed by atoms with Crippen molar-refractivity contribution in [3.05, 3.63) is 34.9 Å². The molecule has 25 heavy (non-hydrogen) atoms. The zero-order chi connectivity index (χ0) is 18.2. The maximum atomic E-state index is 13.7. The second-order valence-corrected chi connectivity index (χ2v) is 7.14. The molecule has 1 heterocycles. The van der Waals surface area contributed by atoms with Crippen molar-refractivity contribution in [1.29, 1.82) is 0 Å². The Labute approximate surface area is 143 Å². The van der Waals surface area contributed by atoms with Crippen LogP contribution in [0.3, 0.4) is 0 Å². The topological polar surface area (TPSA) is 18.5 Å². The SMILES string of the molecule is CC1CCC(C2COC(c3cc(F)c(C(F)(F)F)c(F)c3)OC2)CC1. The molecule has 0 N–H and O–H groups in total. The molecule has 1 aromatic rings. The lowest BCUT2D eigenvalue weighted by molar-refractivity contribution is -0.215. The fourth-order valence-corrected chi connectivity index (χ4v) is 3.74. The van der Waals surface area contributed by atoms with Crippen LogP contribution in [-0.2, 0) is 15.7 Å². The van der Waals surface area contributed by atoms with Gasteiger partial charge < -0.3 is 9.47 Å². The van der Waals surface area contributed by atoms with Gasteiger partial charge in [0, 0.05) is 11.5 Å². The standard InChI is InChI=1S/C18H21F5O2/c1-10-2-4-11(5-3-10)13-8-24-17(25-9-13)12-6-14(19)16(15(20)7-12)18(21,22)23/h6-7,10-11,13,17H,2-5,8-9H2,1H3. The van der Waals surface area contributed by atoms with Crippen LogP contribution in [-0.4, -0.2) is 13.2 Å². The van der Waals surface area contributed by atoms with Crippen LogP contribution in [0.15, 0.2) is 12.1 Å². The normalized spacial score (nSPS) is 31.1. The minimum absolute atomic E-state index is 0.0706. The van der Waals surface area contributed by atoms with Gasteiger partial charge in [0.2, 0.25) is 0 Å². The maximum absolute atomic E-state index is 13.7. The molecule has 0 spiro atoms. The van der Waals surface area contributed by atoms with Gasteiger partial charge in [0.1, 0.15) is 17.2 Å². The summed E-state index contributed by atoms with van der Waals surface area (Å²) < 4.78 is 76.4. The predicted octanol–water partition coefficient (Wildman–Crippen LogP) is 5.47. The summed E-state index contributed by atoms with van der Waals surface area (Å²) in [7, 11) is 0. The molecule has 1 saturated heterocycles. The molecule has 0 bridgehead atoms. The third-order valence-electron chi connectivity index (χ3n) is 5.27. The second-order valence-electron chi connectivity index (χ2n) is 7.14. The van der Waals surface area contributed by atoms with Crippen LogP contribution in [0, 0.1) is 29.4 Å². The molecule has 2 nitrogen and oxygen atoms in total. The van der Waals surface area contributed by atoms with Crippen molar-refractivity contribution in [1.82, 2.24) is 0 Å².